The van der Waals surface area contributed by atoms with Gasteiger partial charge in [-0.15, -0.1) is 0 Å². The van der Waals surface area contributed by atoms with Crippen LogP contribution < -0.4 is 30.3 Å². The maximum Gasteiger partial charge on any atom is 0.338 e. The van der Waals surface area contributed by atoms with Crippen LogP contribution in [-0.2, 0) is 20.9 Å². The molecule has 0 spiro atoms. The number of ether oxygens (including phenoxy) is 4. The number of para-hydroxylation sites is 1. The summed E-state index contributed by atoms with van der Waals surface area (Å²) in [7, 11) is 1.50. The minimum absolute atomic E-state index is 0.0338. The Labute approximate surface area is 273 Å². The molecule has 1 amide bonds. The zero-order chi connectivity index (χ0) is 31.6. The van der Waals surface area contributed by atoms with Crippen LogP contribution in [0.4, 0.5) is 4.39 Å². The van der Waals surface area contributed by atoms with Crippen LogP contribution in [0.5, 0.6) is 17.2 Å². The first-order chi connectivity index (χ1) is 21.2. The molecule has 3 aromatic rings. The molecule has 0 fully saturated rings. The van der Waals surface area contributed by atoms with Crippen molar-refractivity contribution in [2.45, 2.75) is 26.5 Å². The van der Waals surface area contributed by atoms with E-state index in [1.54, 1.807) is 68.4 Å². The van der Waals surface area contributed by atoms with E-state index in [-0.39, 0.29) is 25.6 Å². The van der Waals surface area contributed by atoms with Crippen LogP contribution in [0.15, 0.2) is 77.0 Å². The highest BCUT2D eigenvalue weighted by Gasteiger charge is 2.32. The molecule has 0 aromatic heterocycles. The van der Waals surface area contributed by atoms with Gasteiger partial charge in [0.15, 0.2) is 23.2 Å². The molecule has 1 heterocycles. The van der Waals surface area contributed by atoms with E-state index in [2.05, 4.69) is 43.8 Å². The van der Waals surface area contributed by atoms with E-state index in [1.807, 2.05) is 0 Å². The Bertz CT molecular complexity index is 1620. The molecule has 0 saturated carbocycles. The van der Waals surface area contributed by atoms with Crippen LogP contribution in [0.2, 0.25) is 0 Å². The van der Waals surface area contributed by atoms with Crippen molar-refractivity contribution in [2.75, 3.05) is 20.3 Å². The van der Waals surface area contributed by atoms with Crippen molar-refractivity contribution in [1.82, 2.24) is 16.1 Å². The number of carbonyl (C=O) groups excluding carboxylic acids is 2. The van der Waals surface area contributed by atoms with Crippen molar-refractivity contribution in [3.8, 4) is 17.2 Å². The van der Waals surface area contributed by atoms with Gasteiger partial charge < -0.3 is 29.6 Å². The Hall–Kier alpha value is -4.24. The summed E-state index contributed by atoms with van der Waals surface area (Å²) in [6, 6.07) is 16.2. The summed E-state index contributed by atoms with van der Waals surface area (Å²) in [5.74, 6) is -0.0743. The number of hydrogen-bond donors (Lipinski definition) is 3. The Morgan fingerprint density at radius 3 is 2.61 bits per heavy atom. The van der Waals surface area contributed by atoms with E-state index in [4.69, 9.17) is 31.2 Å². The standard InChI is InChI=1S/C31H30FIN4O6S/c1-4-41-30(39)27-18(2)35-31(44)36-28(27)21-10-6-8-12-24(21)42-17-26(38)37-34-15-19-13-23(33)29(25(14-19)40-3)43-16-20-9-5-7-11-22(20)32/h5-15,28H,4,16-17H2,1-3H3,(H,37,38)(H2,35,36,44)/t28-/m1/s1. The lowest BCUT2D eigenvalue weighted by Crippen LogP contribution is -2.45. The van der Waals surface area contributed by atoms with Crippen molar-refractivity contribution in [3.63, 3.8) is 0 Å². The Morgan fingerprint density at radius 2 is 1.86 bits per heavy atom. The molecule has 13 heteroatoms. The van der Waals surface area contributed by atoms with Crippen LogP contribution in [0.3, 0.4) is 0 Å². The first-order valence-electron chi connectivity index (χ1n) is 13.4. The van der Waals surface area contributed by atoms with Gasteiger partial charge in [-0.1, -0.05) is 36.4 Å². The fourth-order valence-electron chi connectivity index (χ4n) is 4.33. The Balaban J connectivity index is 1.40. The number of thiocarbonyl (C=S) groups is 1. The minimum atomic E-state index is -0.642. The molecule has 3 N–H and O–H groups in total. The number of benzene rings is 3. The first-order valence-corrected chi connectivity index (χ1v) is 14.9. The molecule has 1 aliphatic rings. The number of allylic oxidation sites excluding steroid dienone is 1. The Kier molecular flexibility index (Phi) is 11.5. The third-order valence-electron chi connectivity index (χ3n) is 6.34. The molecule has 10 nitrogen and oxygen atoms in total. The summed E-state index contributed by atoms with van der Waals surface area (Å²) in [6.45, 7) is 3.37. The van der Waals surface area contributed by atoms with Gasteiger partial charge >= 0.3 is 5.97 Å². The number of amides is 1. The molecular weight excluding hydrogens is 702 g/mol. The summed E-state index contributed by atoms with van der Waals surface area (Å²) in [5.41, 5.74) is 5.03. The largest absolute Gasteiger partial charge is 0.493 e. The zero-order valence-corrected chi connectivity index (χ0v) is 27.1. The van der Waals surface area contributed by atoms with E-state index in [1.165, 1.54) is 19.4 Å². The van der Waals surface area contributed by atoms with Gasteiger partial charge in [0.05, 0.1) is 35.1 Å². The quantitative estimate of drug-likeness (QED) is 0.0786. The van der Waals surface area contributed by atoms with E-state index in [9.17, 15) is 14.0 Å². The van der Waals surface area contributed by atoms with Crippen LogP contribution in [0, 0.1) is 9.39 Å². The van der Waals surface area contributed by atoms with Crippen molar-refractivity contribution in [1.29, 1.82) is 0 Å². The van der Waals surface area contributed by atoms with Gasteiger partial charge in [0.1, 0.15) is 18.2 Å². The fourth-order valence-corrected chi connectivity index (χ4v) is 5.38. The van der Waals surface area contributed by atoms with Crippen LogP contribution in [-0.4, -0.2) is 43.5 Å². The average molecular weight is 733 g/mol. The third-order valence-corrected chi connectivity index (χ3v) is 7.36. The molecule has 44 heavy (non-hydrogen) atoms. The van der Waals surface area contributed by atoms with E-state index in [0.717, 1.165) is 0 Å². The summed E-state index contributed by atoms with van der Waals surface area (Å²) in [5, 5.41) is 10.4. The number of carbonyl (C=O) groups is 2. The van der Waals surface area contributed by atoms with Gasteiger partial charge in [-0.3, -0.25) is 4.79 Å². The van der Waals surface area contributed by atoms with Gasteiger partial charge in [-0.25, -0.2) is 14.6 Å². The van der Waals surface area contributed by atoms with Gasteiger partial charge in [0.25, 0.3) is 5.91 Å². The van der Waals surface area contributed by atoms with E-state index < -0.39 is 17.9 Å². The molecular formula is C31H30FIN4O6S. The smallest absolute Gasteiger partial charge is 0.338 e. The number of hydrazone groups is 1. The minimum Gasteiger partial charge on any atom is -0.493 e. The highest BCUT2D eigenvalue weighted by Crippen LogP contribution is 2.35. The Morgan fingerprint density at radius 1 is 1.11 bits per heavy atom. The highest BCUT2D eigenvalue weighted by molar-refractivity contribution is 14.1. The lowest BCUT2D eigenvalue weighted by Gasteiger charge is -2.30. The summed E-state index contributed by atoms with van der Waals surface area (Å²) < 4.78 is 37.1. The average Bonchev–Trinajstić information content (AvgIpc) is 3.00. The molecule has 0 aliphatic carbocycles. The van der Waals surface area contributed by atoms with Crippen LogP contribution in [0.25, 0.3) is 0 Å². The van der Waals surface area contributed by atoms with Crippen LogP contribution in [0.1, 0.15) is 36.6 Å². The summed E-state index contributed by atoms with van der Waals surface area (Å²) >= 11 is 7.40. The number of rotatable bonds is 12. The molecule has 1 atom stereocenters. The molecule has 0 unspecified atom stereocenters. The fraction of sp³-hybridized carbons (Fsp3) is 0.226. The maximum atomic E-state index is 14.0. The molecule has 4 rings (SSSR count). The number of methoxy groups -OCH3 is 1. The predicted octanol–water partition coefficient (Wildman–Crippen LogP) is 4.90. The van der Waals surface area contributed by atoms with Gasteiger partial charge in [0, 0.05) is 16.8 Å². The van der Waals surface area contributed by atoms with Crippen LogP contribution >= 0.6 is 34.8 Å². The number of nitrogens with zero attached hydrogens (tertiary/aromatic N) is 1. The van der Waals surface area contributed by atoms with Crippen molar-refractivity contribution in [3.05, 3.63) is 98.0 Å². The van der Waals surface area contributed by atoms with E-state index in [0.29, 0.717) is 53.9 Å². The zero-order valence-electron chi connectivity index (χ0n) is 24.1. The second-order valence-electron chi connectivity index (χ2n) is 9.32. The molecule has 0 bridgehead atoms. The number of esters is 1. The summed E-state index contributed by atoms with van der Waals surface area (Å²) in [6.07, 6.45) is 1.45. The monoisotopic (exact) mass is 732 g/mol. The molecule has 3 aromatic carbocycles. The van der Waals surface area contributed by atoms with Gasteiger partial charge in [-0.2, -0.15) is 5.10 Å². The van der Waals surface area contributed by atoms with Crippen molar-refractivity contribution < 1.29 is 32.9 Å². The van der Waals surface area contributed by atoms with Gasteiger partial charge in [-0.05, 0) is 78.5 Å². The summed E-state index contributed by atoms with van der Waals surface area (Å²) in [4.78, 5) is 25.3. The second kappa shape index (κ2) is 15.5. The second-order valence-corrected chi connectivity index (χ2v) is 10.9. The highest BCUT2D eigenvalue weighted by atomic mass is 127. The topological polar surface area (TPSA) is 120 Å². The van der Waals surface area contributed by atoms with E-state index >= 15 is 0 Å². The SMILES string of the molecule is CCOC(=O)C1=C(C)NC(=S)N[C@@H]1c1ccccc1OCC(=O)NN=Cc1cc(I)c(OCc2ccccc2F)c(OC)c1. The maximum absolute atomic E-state index is 14.0. The predicted molar refractivity (Wildman–Crippen MR) is 175 cm³/mol. The molecule has 0 saturated heterocycles. The molecule has 0 radical (unpaired) electrons. The molecule has 230 valence electrons. The van der Waals surface area contributed by atoms with Gasteiger partial charge in [0.2, 0.25) is 0 Å². The first kappa shape index (κ1) is 32.7. The third kappa shape index (κ3) is 8.23. The number of nitrogens with one attached hydrogen (secondary N) is 3. The normalized spacial score (nSPS) is 14.5. The van der Waals surface area contributed by atoms with Crippen molar-refractivity contribution in [2.24, 2.45) is 5.10 Å². The number of halogens is 2. The lowest BCUT2D eigenvalue weighted by atomic mass is 9.95. The van der Waals surface area contributed by atoms with Crippen molar-refractivity contribution >= 4 is 58.0 Å². The lowest BCUT2D eigenvalue weighted by molar-refractivity contribution is -0.139. The number of hydrogen-bond acceptors (Lipinski definition) is 8. The molecule has 1 aliphatic heterocycles.